The molecule has 1 spiro atoms. The van der Waals surface area contributed by atoms with Gasteiger partial charge in [-0.05, 0) is 60.5 Å². The number of nitrogens with one attached hydrogen (secondary N) is 1. The van der Waals surface area contributed by atoms with Gasteiger partial charge in [0.2, 0.25) is 0 Å². The molecule has 1 amide bonds. The van der Waals surface area contributed by atoms with Crippen LogP contribution in [0.5, 0.6) is 0 Å². The molecule has 7 heteroatoms. The summed E-state index contributed by atoms with van der Waals surface area (Å²) in [6.45, 7) is 12.5. The van der Waals surface area contributed by atoms with Crippen LogP contribution in [0.1, 0.15) is 59.9 Å². The first kappa shape index (κ1) is 21.0. The molecule has 2 aliphatic rings. The Hall–Kier alpha value is -1.73. The van der Waals surface area contributed by atoms with Gasteiger partial charge >= 0.3 is 6.09 Å². The molecule has 0 aliphatic carbocycles. The van der Waals surface area contributed by atoms with Crippen molar-refractivity contribution < 1.29 is 14.1 Å². The normalized spacial score (nSPS) is 21.4. The molecule has 28 heavy (non-hydrogen) atoms. The number of hydrogen-bond donors (Lipinski definition) is 1. The number of hydrogen-bond acceptors (Lipinski definition) is 5. The lowest BCUT2D eigenvalue weighted by molar-refractivity contribution is 0.0198. The highest BCUT2D eigenvalue weighted by molar-refractivity contribution is 7.91. The second kappa shape index (κ2) is 7.26. The number of piperidine rings is 1. The molecular formula is C21H31N3O3S. The first-order valence-electron chi connectivity index (χ1n) is 9.78. The van der Waals surface area contributed by atoms with E-state index in [0.717, 1.165) is 17.0 Å². The predicted molar refractivity (Wildman–Crippen MR) is 114 cm³/mol. The van der Waals surface area contributed by atoms with Gasteiger partial charge in [-0.25, -0.2) is 4.79 Å². The Kier molecular flexibility index (Phi) is 5.44. The van der Waals surface area contributed by atoms with Crippen LogP contribution in [0.4, 0.5) is 10.5 Å². The molecule has 1 fully saturated rings. The minimum absolute atomic E-state index is 0.283. The number of fused-ring (bicyclic) bond motifs is 1. The van der Waals surface area contributed by atoms with Crippen LogP contribution in [-0.2, 0) is 16.1 Å². The standard InChI is InChI=1S/C21H31N3O3S/c1-19(2,3)27-18(25)24-13-11-21(12-14-24)17(23-28(26)20(4,5)6)15-9-7-8-10-16(15)22-21/h7-10,22H,11-14H2,1-6H3/b23-17+/t28-/m1/s1. The summed E-state index contributed by atoms with van der Waals surface area (Å²) in [5.41, 5.74) is 1.96. The number of nitrogens with zero attached hydrogens (tertiary/aromatic N) is 2. The van der Waals surface area contributed by atoms with E-state index in [1.165, 1.54) is 0 Å². The quantitative estimate of drug-likeness (QED) is 0.713. The molecule has 0 radical (unpaired) electrons. The lowest BCUT2D eigenvalue weighted by atomic mass is 9.83. The number of carbonyl (C=O) groups excluding carboxylic acids is 1. The lowest BCUT2D eigenvalue weighted by Crippen LogP contribution is -2.54. The molecule has 0 aromatic heterocycles. The number of benzene rings is 1. The van der Waals surface area contributed by atoms with Crippen molar-refractivity contribution in [2.75, 3.05) is 18.4 Å². The minimum atomic E-state index is -1.35. The first-order chi connectivity index (χ1) is 12.9. The molecule has 1 saturated heterocycles. The van der Waals surface area contributed by atoms with E-state index >= 15 is 0 Å². The van der Waals surface area contributed by atoms with Crippen molar-refractivity contribution in [2.45, 2.75) is 70.3 Å². The fourth-order valence-electron chi connectivity index (χ4n) is 3.49. The average Bonchev–Trinajstić information content (AvgIpc) is 2.86. The van der Waals surface area contributed by atoms with Gasteiger partial charge in [0.25, 0.3) is 0 Å². The van der Waals surface area contributed by atoms with Crippen molar-refractivity contribution in [1.29, 1.82) is 0 Å². The molecule has 0 unspecified atom stereocenters. The second-order valence-electron chi connectivity index (χ2n) is 9.52. The number of anilines is 1. The highest BCUT2D eigenvalue weighted by atomic mass is 32.2. The Bertz CT molecular complexity index is 772. The monoisotopic (exact) mass is 405 g/mol. The van der Waals surface area contributed by atoms with Crippen LogP contribution in [0.2, 0.25) is 0 Å². The fraction of sp³-hybridized carbons (Fsp3) is 0.619. The van der Waals surface area contributed by atoms with Crippen LogP contribution >= 0.6 is 0 Å². The van der Waals surface area contributed by atoms with E-state index in [9.17, 15) is 9.35 Å². The molecule has 2 aliphatic heterocycles. The zero-order valence-electron chi connectivity index (χ0n) is 17.7. The van der Waals surface area contributed by atoms with Crippen molar-refractivity contribution in [3.63, 3.8) is 0 Å². The van der Waals surface area contributed by atoms with Crippen LogP contribution in [0, 0.1) is 0 Å². The Morgan fingerprint density at radius 1 is 1.18 bits per heavy atom. The summed E-state index contributed by atoms with van der Waals surface area (Å²) in [7, 11) is 0. The maximum absolute atomic E-state index is 12.8. The van der Waals surface area contributed by atoms with Crippen molar-refractivity contribution in [1.82, 2.24) is 4.90 Å². The molecule has 3 rings (SSSR count). The molecular weight excluding hydrogens is 374 g/mol. The zero-order chi connectivity index (χ0) is 20.7. The summed E-state index contributed by atoms with van der Waals surface area (Å²) in [6, 6.07) is 8.01. The van der Waals surface area contributed by atoms with Crippen LogP contribution in [0.25, 0.3) is 0 Å². The Labute approximate surface area is 171 Å². The molecule has 1 atom stereocenters. The zero-order valence-corrected chi connectivity index (χ0v) is 18.5. The Morgan fingerprint density at radius 2 is 1.79 bits per heavy atom. The van der Waals surface area contributed by atoms with Crippen LogP contribution in [0.3, 0.4) is 0 Å². The number of para-hydroxylation sites is 1. The topological polar surface area (TPSA) is 77.0 Å². The van der Waals surface area contributed by atoms with Crippen molar-refractivity contribution in [3.8, 4) is 0 Å². The van der Waals surface area contributed by atoms with Gasteiger partial charge in [-0.2, -0.15) is 0 Å². The van der Waals surface area contributed by atoms with Crippen LogP contribution < -0.4 is 5.32 Å². The Morgan fingerprint density at radius 3 is 2.36 bits per heavy atom. The van der Waals surface area contributed by atoms with Gasteiger partial charge in [-0.1, -0.05) is 22.6 Å². The van der Waals surface area contributed by atoms with Gasteiger partial charge in [0, 0.05) is 24.3 Å². The molecule has 6 nitrogen and oxygen atoms in total. The SMILES string of the molecule is CC(C)(C)OC(=O)N1CCC2(CC1)Nc1ccccc1/C2=N\[S@+]([O-])C(C)(C)C. The third-order valence-electron chi connectivity index (χ3n) is 4.98. The predicted octanol–water partition coefficient (Wildman–Crippen LogP) is 4.13. The molecule has 1 aromatic carbocycles. The summed E-state index contributed by atoms with van der Waals surface area (Å²) in [5.74, 6) is 0. The van der Waals surface area contributed by atoms with Crippen molar-refractivity contribution in [3.05, 3.63) is 29.8 Å². The van der Waals surface area contributed by atoms with E-state index in [2.05, 4.69) is 9.71 Å². The van der Waals surface area contributed by atoms with Gasteiger partial charge in [0.1, 0.15) is 27.4 Å². The Balaban J connectivity index is 1.85. The number of rotatable bonds is 1. The molecule has 1 aromatic rings. The summed E-state index contributed by atoms with van der Waals surface area (Å²) in [4.78, 5) is 14.2. The third-order valence-corrected chi connectivity index (χ3v) is 6.37. The summed E-state index contributed by atoms with van der Waals surface area (Å²) in [6.07, 6.45) is 1.11. The van der Waals surface area contributed by atoms with Gasteiger partial charge in [-0.3, -0.25) is 0 Å². The summed E-state index contributed by atoms with van der Waals surface area (Å²) in [5, 5.41) is 3.62. The fourth-order valence-corrected chi connectivity index (χ4v) is 4.20. The summed E-state index contributed by atoms with van der Waals surface area (Å²) < 4.78 is 22.6. The van der Waals surface area contributed by atoms with E-state index in [0.29, 0.717) is 25.9 Å². The van der Waals surface area contributed by atoms with E-state index in [1.54, 1.807) is 4.90 Å². The summed E-state index contributed by atoms with van der Waals surface area (Å²) >= 11 is -1.35. The highest BCUT2D eigenvalue weighted by Crippen LogP contribution is 2.40. The van der Waals surface area contributed by atoms with Crippen molar-refractivity contribution in [2.24, 2.45) is 4.40 Å². The van der Waals surface area contributed by atoms with Gasteiger partial charge in [0.05, 0.1) is 5.54 Å². The molecule has 154 valence electrons. The van der Waals surface area contributed by atoms with Crippen LogP contribution in [0.15, 0.2) is 28.7 Å². The molecule has 0 bridgehead atoms. The largest absolute Gasteiger partial charge is 0.591 e. The van der Waals surface area contributed by atoms with Crippen LogP contribution in [-0.4, -0.2) is 50.2 Å². The van der Waals surface area contributed by atoms with Crippen molar-refractivity contribution >= 4 is 28.9 Å². The number of ether oxygens (including phenoxy) is 1. The molecule has 1 N–H and O–H groups in total. The van der Waals surface area contributed by atoms with Gasteiger partial charge in [0.15, 0.2) is 0 Å². The minimum Gasteiger partial charge on any atom is -0.591 e. The van der Waals surface area contributed by atoms with E-state index in [1.807, 2.05) is 65.8 Å². The molecule has 2 heterocycles. The van der Waals surface area contributed by atoms with E-state index in [-0.39, 0.29) is 6.09 Å². The van der Waals surface area contributed by atoms with E-state index in [4.69, 9.17) is 4.74 Å². The van der Waals surface area contributed by atoms with E-state index < -0.39 is 27.2 Å². The third kappa shape index (κ3) is 4.30. The maximum Gasteiger partial charge on any atom is 0.410 e. The lowest BCUT2D eigenvalue weighted by Gasteiger charge is -2.40. The average molecular weight is 406 g/mol. The van der Waals surface area contributed by atoms with Gasteiger partial charge < -0.3 is 19.5 Å². The smallest absolute Gasteiger partial charge is 0.410 e. The first-order valence-corrected chi connectivity index (χ1v) is 10.9. The molecule has 0 saturated carbocycles. The number of likely N-dealkylation sites (tertiary alicyclic amines) is 1. The highest BCUT2D eigenvalue weighted by Gasteiger charge is 2.48. The number of amides is 1. The second-order valence-corrected chi connectivity index (χ2v) is 11.4. The van der Waals surface area contributed by atoms with Gasteiger partial charge in [-0.15, -0.1) is 0 Å². The number of carbonyl (C=O) groups is 1. The maximum atomic E-state index is 12.8.